The van der Waals surface area contributed by atoms with Crippen LogP contribution in [0.5, 0.6) is 0 Å². The summed E-state index contributed by atoms with van der Waals surface area (Å²) in [7, 11) is 0. The maximum atomic E-state index is 12.6. The highest BCUT2D eigenvalue weighted by Crippen LogP contribution is 2.19. The Bertz CT molecular complexity index is 576. The van der Waals surface area contributed by atoms with E-state index >= 15 is 0 Å². The Kier molecular flexibility index (Phi) is 34.5. The van der Waals surface area contributed by atoms with Crippen molar-refractivity contribution in [3.8, 4) is 0 Å². The summed E-state index contributed by atoms with van der Waals surface area (Å²) < 4.78 is 6.00. The van der Waals surface area contributed by atoms with Crippen molar-refractivity contribution in [2.45, 2.75) is 238 Å². The lowest BCUT2D eigenvalue weighted by Gasteiger charge is -2.18. The quantitative estimate of drug-likeness (QED) is 0.0567. The number of unbranched alkanes of at least 4 members (excludes halogenated alkanes) is 27. The Balaban J connectivity index is 4.00. The van der Waals surface area contributed by atoms with Crippen LogP contribution in [0.2, 0.25) is 0 Å². The zero-order chi connectivity index (χ0) is 31.5. The predicted octanol–water partition coefficient (Wildman–Crippen LogP) is 13.3. The van der Waals surface area contributed by atoms with Gasteiger partial charge in [0, 0.05) is 12.8 Å². The molecule has 4 nitrogen and oxygen atoms in total. The minimum atomic E-state index is -0.696. The summed E-state index contributed by atoms with van der Waals surface area (Å²) >= 11 is 0. The molecule has 0 rings (SSSR count). The van der Waals surface area contributed by atoms with Gasteiger partial charge in [-0.1, -0.05) is 181 Å². The molecule has 0 aromatic rings. The third kappa shape index (κ3) is 35.3. The van der Waals surface area contributed by atoms with E-state index in [0.717, 1.165) is 64.2 Å². The lowest BCUT2D eigenvalue weighted by Crippen LogP contribution is -2.18. The first-order valence-electron chi connectivity index (χ1n) is 19.5. The van der Waals surface area contributed by atoms with E-state index in [-0.39, 0.29) is 18.5 Å². The first-order valence-corrected chi connectivity index (χ1v) is 19.5. The highest BCUT2D eigenvalue weighted by Gasteiger charge is 2.14. The van der Waals surface area contributed by atoms with Crippen molar-refractivity contribution in [3.63, 3.8) is 0 Å². The molecule has 0 heterocycles. The number of hydrogen-bond acceptors (Lipinski definition) is 3. The molecule has 43 heavy (non-hydrogen) atoms. The average Bonchev–Trinajstić information content (AvgIpc) is 2.99. The molecule has 0 aromatic carbocycles. The smallest absolute Gasteiger partial charge is 0.306 e. The summed E-state index contributed by atoms with van der Waals surface area (Å²) in [5, 5.41) is 8.81. The van der Waals surface area contributed by atoms with Gasteiger partial charge in [0.15, 0.2) is 0 Å². The molecule has 0 fully saturated rings. The largest absolute Gasteiger partial charge is 0.481 e. The topological polar surface area (TPSA) is 63.6 Å². The van der Waals surface area contributed by atoms with Crippen LogP contribution in [0.25, 0.3) is 0 Å². The Morgan fingerprint density at radius 2 is 0.698 bits per heavy atom. The number of ether oxygens (including phenoxy) is 1. The van der Waals surface area contributed by atoms with E-state index in [2.05, 4.69) is 13.8 Å². The number of esters is 1. The molecular formula is C39H76O4. The summed E-state index contributed by atoms with van der Waals surface area (Å²) in [5.41, 5.74) is 0. The zero-order valence-electron chi connectivity index (χ0n) is 29.3. The molecule has 0 bridgehead atoms. The van der Waals surface area contributed by atoms with Gasteiger partial charge in [0.05, 0.1) is 0 Å². The molecule has 0 aromatic heterocycles. The standard InChI is InChI=1S/C39H76O4/c1-3-5-7-9-11-13-15-17-18-20-22-25-29-33-37(34-30-26-24-27-31-35-38(40)41)43-39(42)36-32-28-23-21-19-16-14-12-10-8-6-4-2/h37H,3-36H2,1-2H3,(H,40,41). The van der Waals surface area contributed by atoms with Crippen LogP contribution in [0, 0.1) is 0 Å². The van der Waals surface area contributed by atoms with Crippen molar-refractivity contribution >= 4 is 11.9 Å². The SMILES string of the molecule is CCCCCCCCCCCCCCCC(CCCCCCCC(=O)O)OC(=O)CCCCCCCCCCCCCC. The molecule has 0 aliphatic carbocycles. The highest BCUT2D eigenvalue weighted by atomic mass is 16.5. The number of rotatable bonds is 36. The molecule has 1 N–H and O–H groups in total. The van der Waals surface area contributed by atoms with Crippen molar-refractivity contribution in [2.24, 2.45) is 0 Å². The molecule has 0 radical (unpaired) electrons. The molecule has 0 aliphatic heterocycles. The number of carbonyl (C=O) groups is 2. The van der Waals surface area contributed by atoms with Crippen molar-refractivity contribution in [2.75, 3.05) is 0 Å². The van der Waals surface area contributed by atoms with E-state index in [9.17, 15) is 9.59 Å². The van der Waals surface area contributed by atoms with Crippen molar-refractivity contribution < 1.29 is 19.4 Å². The first-order chi connectivity index (χ1) is 21.1. The third-order valence-electron chi connectivity index (χ3n) is 9.08. The van der Waals surface area contributed by atoms with E-state index in [0.29, 0.717) is 6.42 Å². The number of carboxylic acid groups (broad SMARTS) is 1. The van der Waals surface area contributed by atoms with E-state index in [4.69, 9.17) is 9.84 Å². The van der Waals surface area contributed by atoms with Crippen LogP contribution in [0.1, 0.15) is 232 Å². The van der Waals surface area contributed by atoms with E-state index in [1.165, 1.54) is 141 Å². The fourth-order valence-corrected chi connectivity index (χ4v) is 6.19. The highest BCUT2D eigenvalue weighted by molar-refractivity contribution is 5.69. The molecule has 0 amide bonds. The average molecular weight is 609 g/mol. The van der Waals surface area contributed by atoms with E-state index in [1.807, 2.05) is 0 Å². The van der Waals surface area contributed by atoms with Gasteiger partial charge in [-0.25, -0.2) is 0 Å². The van der Waals surface area contributed by atoms with Gasteiger partial charge in [0.25, 0.3) is 0 Å². The van der Waals surface area contributed by atoms with Crippen LogP contribution >= 0.6 is 0 Å². The Morgan fingerprint density at radius 1 is 0.419 bits per heavy atom. The van der Waals surface area contributed by atoms with Gasteiger partial charge in [0.2, 0.25) is 0 Å². The lowest BCUT2D eigenvalue weighted by atomic mass is 10.0. The fraction of sp³-hybridized carbons (Fsp3) is 0.949. The molecule has 0 aliphatic rings. The normalized spacial score (nSPS) is 12.0. The summed E-state index contributed by atoms with van der Waals surface area (Å²) in [6.45, 7) is 4.56. The van der Waals surface area contributed by atoms with Gasteiger partial charge >= 0.3 is 11.9 Å². The monoisotopic (exact) mass is 609 g/mol. The molecule has 1 atom stereocenters. The third-order valence-corrected chi connectivity index (χ3v) is 9.08. The Morgan fingerprint density at radius 3 is 1.02 bits per heavy atom. The molecule has 4 heteroatoms. The maximum absolute atomic E-state index is 12.6. The predicted molar refractivity (Wildman–Crippen MR) is 186 cm³/mol. The van der Waals surface area contributed by atoms with Gasteiger partial charge in [-0.05, 0) is 38.5 Å². The van der Waals surface area contributed by atoms with Gasteiger partial charge < -0.3 is 9.84 Å². The zero-order valence-corrected chi connectivity index (χ0v) is 29.3. The first kappa shape index (κ1) is 41.9. The van der Waals surface area contributed by atoms with Crippen LogP contribution in [-0.4, -0.2) is 23.1 Å². The summed E-state index contributed by atoms with van der Waals surface area (Å²) in [6.07, 6.45) is 41.2. The number of aliphatic carboxylic acids is 1. The fourth-order valence-electron chi connectivity index (χ4n) is 6.19. The summed E-state index contributed by atoms with van der Waals surface area (Å²) in [5.74, 6) is -0.689. The Labute approximate surface area is 269 Å². The molecule has 0 spiro atoms. The van der Waals surface area contributed by atoms with Crippen LogP contribution in [0.15, 0.2) is 0 Å². The van der Waals surface area contributed by atoms with Crippen molar-refractivity contribution in [1.29, 1.82) is 0 Å². The van der Waals surface area contributed by atoms with Gasteiger partial charge in [-0.3, -0.25) is 9.59 Å². The minimum Gasteiger partial charge on any atom is -0.481 e. The number of hydrogen-bond donors (Lipinski definition) is 1. The minimum absolute atomic E-state index is 0.00762. The second-order valence-electron chi connectivity index (χ2n) is 13.5. The second-order valence-corrected chi connectivity index (χ2v) is 13.5. The number of carbonyl (C=O) groups excluding carboxylic acids is 1. The van der Waals surface area contributed by atoms with Crippen molar-refractivity contribution in [3.05, 3.63) is 0 Å². The van der Waals surface area contributed by atoms with E-state index < -0.39 is 5.97 Å². The Hall–Kier alpha value is -1.06. The molecular weight excluding hydrogens is 532 g/mol. The van der Waals surface area contributed by atoms with Gasteiger partial charge in [-0.15, -0.1) is 0 Å². The maximum Gasteiger partial charge on any atom is 0.306 e. The van der Waals surface area contributed by atoms with Crippen LogP contribution < -0.4 is 0 Å². The summed E-state index contributed by atoms with van der Waals surface area (Å²) in [6, 6.07) is 0. The van der Waals surface area contributed by atoms with E-state index in [1.54, 1.807) is 0 Å². The molecule has 0 saturated carbocycles. The number of carboxylic acids is 1. The molecule has 1 unspecified atom stereocenters. The summed E-state index contributed by atoms with van der Waals surface area (Å²) in [4.78, 5) is 23.3. The van der Waals surface area contributed by atoms with Crippen molar-refractivity contribution in [1.82, 2.24) is 0 Å². The van der Waals surface area contributed by atoms with Gasteiger partial charge in [-0.2, -0.15) is 0 Å². The second kappa shape index (κ2) is 35.4. The molecule has 256 valence electrons. The van der Waals surface area contributed by atoms with Gasteiger partial charge in [0.1, 0.15) is 6.10 Å². The van der Waals surface area contributed by atoms with Crippen LogP contribution in [0.4, 0.5) is 0 Å². The lowest BCUT2D eigenvalue weighted by molar-refractivity contribution is -0.150. The van der Waals surface area contributed by atoms with Crippen LogP contribution in [0.3, 0.4) is 0 Å². The molecule has 0 saturated heterocycles. The van der Waals surface area contributed by atoms with Crippen LogP contribution in [-0.2, 0) is 14.3 Å².